The summed E-state index contributed by atoms with van der Waals surface area (Å²) >= 11 is 0. The Morgan fingerprint density at radius 1 is 1.07 bits per heavy atom. The first-order valence-corrected chi connectivity index (χ1v) is 10.1. The Morgan fingerprint density at radius 2 is 1.72 bits per heavy atom. The lowest BCUT2D eigenvalue weighted by molar-refractivity contribution is -0.126. The zero-order chi connectivity index (χ0) is 21.0. The number of carbonyl (C=O) groups is 2. The third kappa shape index (κ3) is 5.62. The molecule has 1 fully saturated rings. The average molecular weight is 399 g/mol. The molecule has 1 heterocycles. The van der Waals surface area contributed by atoms with Crippen molar-refractivity contribution in [3.63, 3.8) is 0 Å². The zero-order valence-corrected chi connectivity index (χ0v) is 17.7. The van der Waals surface area contributed by atoms with Crippen molar-refractivity contribution < 1.29 is 19.1 Å². The molecule has 6 heteroatoms. The fourth-order valence-corrected chi connectivity index (χ4v) is 3.49. The monoisotopic (exact) mass is 398 g/mol. The lowest BCUT2D eigenvalue weighted by Gasteiger charge is -2.32. The molecule has 1 aliphatic rings. The van der Waals surface area contributed by atoms with Crippen LogP contribution in [0.25, 0.3) is 10.8 Å². The van der Waals surface area contributed by atoms with E-state index < -0.39 is 5.60 Å². The first-order chi connectivity index (χ1) is 13.7. The summed E-state index contributed by atoms with van der Waals surface area (Å²) in [6.45, 7) is 7.15. The van der Waals surface area contributed by atoms with Crippen molar-refractivity contribution in [2.24, 2.45) is 5.92 Å². The number of nitrogens with one attached hydrogen (secondary N) is 1. The Bertz CT molecular complexity index is 880. The Balaban J connectivity index is 1.50. The number of methoxy groups -OCH3 is 1. The van der Waals surface area contributed by atoms with E-state index in [0.717, 1.165) is 22.1 Å². The van der Waals surface area contributed by atoms with Crippen molar-refractivity contribution in [3.05, 3.63) is 42.0 Å². The number of benzene rings is 2. The van der Waals surface area contributed by atoms with Crippen LogP contribution < -0.4 is 10.1 Å². The molecular weight excluding hydrogens is 368 g/mol. The lowest BCUT2D eigenvalue weighted by atomic mass is 9.96. The summed E-state index contributed by atoms with van der Waals surface area (Å²) in [5.41, 5.74) is 0.554. The Hall–Kier alpha value is -2.76. The van der Waals surface area contributed by atoms with Crippen LogP contribution in [0.1, 0.15) is 39.2 Å². The van der Waals surface area contributed by atoms with Gasteiger partial charge in [0.15, 0.2) is 0 Å². The summed E-state index contributed by atoms with van der Waals surface area (Å²) in [6.07, 6.45) is 1.01. The lowest BCUT2D eigenvalue weighted by Crippen LogP contribution is -2.44. The van der Waals surface area contributed by atoms with Gasteiger partial charge in [-0.1, -0.05) is 18.2 Å². The Morgan fingerprint density at radius 3 is 2.38 bits per heavy atom. The maximum absolute atomic E-state index is 12.6. The van der Waals surface area contributed by atoms with Gasteiger partial charge in [-0.05, 0) is 68.1 Å². The number of hydrogen-bond donors (Lipinski definition) is 1. The maximum atomic E-state index is 12.6. The average Bonchev–Trinajstić information content (AvgIpc) is 2.70. The molecule has 1 aliphatic heterocycles. The molecule has 0 spiro atoms. The predicted octanol–water partition coefficient (Wildman–Crippen LogP) is 4.11. The van der Waals surface area contributed by atoms with Crippen molar-refractivity contribution in [1.82, 2.24) is 10.2 Å². The molecule has 1 saturated heterocycles. The van der Waals surface area contributed by atoms with Crippen LogP contribution in [0.4, 0.5) is 4.79 Å². The fraction of sp³-hybridized carbons (Fsp3) is 0.478. The number of carbonyl (C=O) groups excluding carboxylic acids is 2. The molecule has 29 heavy (non-hydrogen) atoms. The molecule has 2 aromatic carbocycles. The van der Waals surface area contributed by atoms with Gasteiger partial charge in [-0.3, -0.25) is 4.79 Å². The first-order valence-electron chi connectivity index (χ1n) is 10.1. The maximum Gasteiger partial charge on any atom is 0.410 e. The second-order valence-corrected chi connectivity index (χ2v) is 8.51. The number of ether oxygens (including phenoxy) is 2. The van der Waals surface area contributed by atoms with Crippen LogP contribution in [-0.2, 0) is 16.1 Å². The normalized spacial score (nSPS) is 15.2. The number of piperidine rings is 1. The van der Waals surface area contributed by atoms with Crippen molar-refractivity contribution in [2.45, 2.75) is 45.8 Å². The minimum absolute atomic E-state index is 0.0451. The topological polar surface area (TPSA) is 67.9 Å². The number of nitrogens with zero attached hydrogens (tertiary/aromatic N) is 1. The summed E-state index contributed by atoms with van der Waals surface area (Å²) in [7, 11) is 1.66. The first kappa shape index (κ1) is 21.0. The van der Waals surface area contributed by atoms with Gasteiger partial charge in [0.1, 0.15) is 11.4 Å². The van der Waals surface area contributed by atoms with E-state index in [0.29, 0.717) is 32.5 Å². The van der Waals surface area contributed by atoms with Crippen LogP contribution in [0.15, 0.2) is 36.4 Å². The van der Waals surface area contributed by atoms with Gasteiger partial charge in [-0.25, -0.2) is 4.79 Å². The van der Waals surface area contributed by atoms with Gasteiger partial charge in [-0.2, -0.15) is 0 Å². The molecule has 0 aliphatic carbocycles. The van der Waals surface area contributed by atoms with Crippen LogP contribution in [0.2, 0.25) is 0 Å². The number of likely N-dealkylation sites (tertiary alicyclic amines) is 1. The van der Waals surface area contributed by atoms with Crippen LogP contribution in [-0.4, -0.2) is 42.7 Å². The van der Waals surface area contributed by atoms with Crippen LogP contribution >= 0.6 is 0 Å². The molecule has 2 aromatic rings. The zero-order valence-electron chi connectivity index (χ0n) is 17.7. The Kier molecular flexibility index (Phi) is 6.30. The minimum atomic E-state index is -0.504. The van der Waals surface area contributed by atoms with E-state index in [-0.39, 0.29) is 17.9 Å². The molecular formula is C23H30N2O4. The molecule has 156 valence electrons. The quantitative estimate of drug-likeness (QED) is 0.842. The van der Waals surface area contributed by atoms with Crippen molar-refractivity contribution >= 4 is 22.8 Å². The molecule has 6 nitrogen and oxygen atoms in total. The van der Waals surface area contributed by atoms with Gasteiger partial charge < -0.3 is 19.7 Å². The third-order valence-corrected chi connectivity index (χ3v) is 5.10. The van der Waals surface area contributed by atoms with Crippen LogP contribution in [0.5, 0.6) is 5.75 Å². The molecule has 0 saturated carbocycles. The highest BCUT2D eigenvalue weighted by Gasteiger charge is 2.29. The highest BCUT2D eigenvalue weighted by Crippen LogP contribution is 2.23. The summed E-state index contributed by atoms with van der Waals surface area (Å²) in [4.78, 5) is 26.4. The molecule has 1 N–H and O–H groups in total. The molecule has 3 rings (SSSR count). The molecule has 0 bridgehead atoms. The van der Waals surface area contributed by atoms with E-state index in [4.69, 9.17) is 9.47 Å². The van der Waals surface area contributed by atoms with E-state index >= 15 is 0 Å². The van der Waals surface area contributed by atoms with Gasteiger partial charge in [0.2, 0.25) is 5.91 Å². The van der Waals surface area contributed by atoms with E-state index in [2.05, 4.69) is 11.4 Å². The second kappa shape index (κ2) is 8.72. The van der Waals surface area contributed by atoms with E-state index in [9.17, 15) is 9.59 Å². The van der Waals surface area contributed by atoms with E-state index in [1.807, 2.05) is 51.1 Å². The fourth-order valence-electron chi connectivity index (χ4n) is 3.49. The second-order valence-electron chi connectivity index (χ2n) is 8.51. The molecule has 0 atom stereocenters. The van der Waals surface area contributed by atoms with Crippen molar-refractivity contribution in [1.29, 1.82) is 0 Å². The number of hydrogen-bond acceptors (Lipinski definition) is 4. The largest absolute Gasteiger partial charge is 0.497 e. The van der Waals surface area contributed by atoms with Gasteiger partial charge in [0.05, 0.1) is 7.11 Å². The number of amides is 2. The highest BCUT2D eigenvalue weighted by molar-refractivity contribution is 5.85. The van der Waals surface area contributed by atoms with Gasteiger partial charge in [-0.15, -0.1) is 0 Å². The van der Waals surface area contributed by atoms with E-state index in [1.165, 1.54) is 0 Å². The SMILES string of the molecule is COc1ccc2cc(CNC(=O)C3CCN(C(=O)OC(C)(C)C)CC3)ccc2c1. The van der Waals surface area contributed by atoms with Gasteiger partial charge >= 0.3 is 6.09 Å². The van der Waals surface area contributed by atoms with Gasteiger partial charge in [0, 0.05) is 25.6 Å². The van der Waals surface area contributed by atoms with Crippen LogP contribution in [0, 0.1) is 5.92 Å². The summed E-state index contributed by atoms with van der Waals surface area (Å²) < 4.78 is 10.7. The number of rotatable bonds is 4. The standard InChI is InChI=1S/C23H30N2O4/c1-23(2,3)29-22(27)25-11-9-17(10-12-25)21(26)24-15-16-5-6-19-14-20(28-4)8-7-18(19)13-16/h5-8,13-14,17H,9-12,15H2,1-4H3,(H,24,26). The number of fused-ring (bicyclic) bond motifs is 1. The van der Waals surface area contributed by atoms with Crippen LogP contribution in [0.3, 0.4) is 0 Å². The third-order valence-electron chi connectivity index (χ3n) is 5.10. The molecule has 2 amide bonds. The van der Waals surface area contributed by atoms with E-state index in [1.54, 1.807) is 12.0 Å². The molecule has 0 radical (unpaired) electrons. The Labute approximate surface area is 172 Å². The summed E-state index contributed by atoms with van der Waals surface area (Å²) in [5.74, 6) is 0.804. The highest BCUT2D eigenvalue weighted by atomic mass is 16.6. The minimum Gasteiger partial charge on any atom is -0.497 e. The smallest absolute Gasteiger partial charge is 0.410 e. The summed E-state index contributed by atoms with van der Waals surface area (Å²) in [6, 6.07) is 12.1. The predicted molar refractivity (Wildman–Crippen MR) is 113 cm³/mol. The van der Waals surface area contributed by atoms with Crippen molar-refractivity contribution in [3.8, 4) is 5.75 Å². The molecule has 0 unspecified atom stereocenters. The van der Waals surface area contributed by atoms with Crippen molar-refractivity contribution in [2.75, 3.05) is 20.2 Å². The summed E-state index contributed by atoms with van der Waals surface area (Å²) in [5, 5.41) is 5.26. The van der Waals surface area contributed by atoms with Gasteiger partial charge in [0.25, 0.3) is 0 Å². The molecule has 0 aromatic heterocycles.